The van der Waals surface area contributed by atoms with Gasteiger partial charge in [-0.05, 0) is 13.3 Å². The van der Waals surface area contributed by atoms with E-state index < -0.39 is 0 Å². The molecule has 0 saturated carbocycles. The lowest BCUT2D eigenvalue weighted by Crippen LogP contribution is -2.17. The summed E-state index contributed by atoms with van der Waals surface area (Å²) in [7, 11) is 0. The lowest BCUT2D eigenvalue weighted by molar-refractivity contribution is 0.792. The first-order chi connectivity index (χ1) is 4.49. The highest BCUT2D eigenvalue weighted by atomic mass is 32.2. The van der Waals surface area contributed by atoms with Crippen molar-refractivity contribution in [3.8, 4) is 0 Å². The van der Waals surface area contributed by atoms with E-state index in [1.807, 2.05) is 6.92 Å². The van der Waals surface area contributed by atoms with Gasteiger partial charge in [0.05, 0.1) is 1.37 Å². The maximum absolute atomic E-state index is 7.81. The second-order valence-corrected chi connectivity index (χ2v) is 6.15. The Bertz CT molecular complexity index is 113. The van der Waals surface area contributed by atoms with Crippen LogP contribution >= 0.6 is 23.5 Å². The molecule has 0 aromatic rings. The zero-order valence-electron chi connectivity index (χ0n) is 7.18. The van der Waals surface area contributed by atoms with E-state index in [0.717, 1.165) is 0 Å². The molecular formula is C7H14S2. The van der Waals surface area contributed by atoms with Crippen molar-refractivity contribution in [2.45, 2.75) is 42.2 Å². The minimum atomic E-state index is -0.295. The van der Waals surface area contributed by atoms with E-state index in [4.69, 9.17) is 1.37 Å². The minimum Gasteiger partial charge on any atom is -0.145 e. The maximum atomic E-state index is 7.81. The van der Waals surface area contributed by atoms with Crippen LogP contribution in [0.1, 0.15) is 28.6 Å². The molecule has 0 radical (unpaired) electrons. The fraction of sp³-hybridized carbons (Fsp3) is 1.00. The van der Waals surface area contributed by atoms with Gasteiger partial charge in [-0.2, -0.15) is 0 Å². The monoisotopic (exact) mass is 163 g/mol. The topological polar surface area (TPSA) is 0 Å². The Morgan fingerprint density at radius 3 is 2.00 bits per heavy atom. The summed E-state index contributed by atoms with van der Waals surface area (Å²) in [6, 6.07) is 0. The number of hydrogen-bond donors (Lipinski definition) is 0. The van der Waals surface area contributed by atoms with Crippen molar-refractivity contribution < 1.29 is 1.37 Å². The first kappa shape index (κ1) is 6.41. The van der Waals surface area contributed by atoms with Crippen LogP contribution in [0.5, 0.6) is 0 Å². The summed E-state index contributed by atoms with van der Waals surface area (Å²) in [5.41, 5.74) is 0. The van der Waals surface area contributed by atoms with Gasteiger partial charge < -0.3 is 0 Å². The summed E-state index contributed by atoms with van der Waals surface area (Å²) in [4.78, 5) is 0. The molecule has 0 N–H and O–H groups in total. The average molecular weight is 163 g/mol. The van der Waals surface area contributed by atoms with Crippen molar-refractivity contribution in [2.24, 2.45) is 0 Å². The third-order valence-corrected chi connectivity index (χ3v) is 3.83. The van der Waals surface area contributed by atoms with E-state index >= 15 is 0 Å². The minimum absolute atomic E-state index is 0.295. The van der Waals surface area contributed by atoms with E-state index in [1.165, 1.54) is 6.42 Å². The van der Waals surface area contributed by atoms with Crippen LogP contribution in [-0.2, 0) is 0 Å². The summed E-state index contributed by atoms with van der Waals surface area (Å²) in [5, 5.41) is 1.33. The molecule has 1 aliphatic heterocycles. The predicted octanol–water partition coefficient (Wildman–Crippen LogP) is 2.98. The molecule has 0 aliphatic carbocycles. The van der Waals surface area contributed by atoms with E-state index in [0.29, 0.717) is 10.5 Å². The molecule has 1 aliphatic rings. The Morgan fingerprint density at radius 1 is 1.22 bits per heavy atom. The van der Waals surface area contributed by atoms with Gasteiger partial charge in [0.2, 0.25) is 0 Å². The molecule has 1 fully saturated rings. The van der Waals surface area contributed by atoms with Crippen molar-refractivity contribution in [1.29, 1.82) is 0 Å². The molecular weight excluding hydrogens is 148 g/mol. The second-order valence-electron chi connectivity index (χ2n) is 2.58. The Kier molecular flexibility index (Phi) is 2.28. The lowest BCUT2D eigenvalue weighted by Gasteiger charge is -2.27. The first-order valence-electron chi connectivity index (χ1n) is 3.85. The van der Waals surface area contributed by atoms with Crippen molar-refractivity contribution >= 4 is 23.5 Å². The molecule has 0 aromatic heterocycles. The Hall–Kier alpha value is 0.700. The molecule has 2 atom stereocenters. The van der Waals surface area contributed by atoms with Crippen molar-refractivity contribution in [1.82, 2.24) is 0 Å². The van der Waals surface area contributed by atoms with Gasteiger partial charge in [0.25, 0.3) is 0 Å². The van der Waals surface area contributed by atoms with Crippen LogP contribution in [0.3, 0.4) is 0 Å². The molecule has 0 aromatic carbocycles. The van der Waals surface area contributed by atoms with Gasteiger partial charge in [-0.25, -0.2) is 0 Å². The molecule has 0 nitrogen and oxygen atoms in total. The molecule has 1 saturated heterocycles. The van der Waals surface area contributed by atoms with E-state index in [9.17, 15) is 0 Å². The highest BCUT2D eigenvalue weighted by Gasteiger charge is 2.20. The standard InChI is InChI=1S/C7H14S2/c1-5-4-6(2)9-7(3)8-5/h5-7H,4H2,1-3H3/i7D. The van der Waals surface area contributed by atoms with Gasteiger partial charge >= 0.3 is 0 Å². The molecule has 9 heavy (non-hydrogen) atoms. The van der Waals surface area contributed by atoms with Crippen LogP contribution in [-0.4, -0.2) is 15.1 Å². The van der Waals surface area contributed by atoms with E-state index in [1.54, 1.807) is 23.5 Å². The molecule has 54 valence electrons. The largest absolute Gasteiger partial charge is 0.145 e. The summed E-state index contributed by atoms with van der Waals surface area (Å²) in [6.07, 6.45) is 1.25. The van der Waals surface area contributed by atoms with Gasteiger partial charge in [0, 0.05) is 15.1 Å². The summed E-state index contributed by atoms with van der Waals surface area (Å²) < 4.78 is 7.52. The quantitative estimate of drug-likeness (QED) is 0.538. The SMILES string of the molecule is [2H]C1(C)SC(C)CC(C)S1. The zero-order valence-corrected chi connectivity index (χ0v) is 7.81. The Balaban J connectivity index is 2.51. The van der Waals surface area contributed by atoms with Gasteiger partial charge in [-0.1, -0.05) is 13.8 Å². The summed E-state index contributed by atoms with van der Waals surface area (Å²) in [6.45, 7) is 6.43. The maximum Gasteiger partial charge on any atom is 0.0530 e. The molecule has 0 amide bonds. The normalized spacial score (nSPS) is 54.8. The number of rotatable bonds is 0. The summed E-state index contributed by atoms with van der Waals surface area (Å²) in [5.74, 6) is 0. The molecule has 1 rings (SSSR count). The summed E-state index contributed by atoms with van der Waals surface area (Å²) >= 11 is 3.55. The van der Waals surface area contributed by atoms with Crippen LogP contribution in [0.15, 0.2) is 0 Å². The van der Waals surface area contributed by atoms with Gasteiger partial charge in [0.15, 0.2) is 0 Å². The van der Waals surface area contributed by atoms with Crippen LogP contribution in [0.25, 0.3) is 0 Å². The lowest BCUT2D eigenvalue weighted by atomic mass is 10.3. The number of thioether (sulfide) groups is 2. The molecule has 1 heterocycles. The molecule has 0 spiro atoms. The highest BCUT2D eigenvalue weighted by molar-refractivity contribution is 8.18. The number of hydrogen-bond acceptors (Lipinski definition) is 2. The van der Waals surface area contributed by atoms with Crippen LogP contribution in [0.4, 0.5) is 0 Å². The third-order valence-electron chi connectivity index (χ3n) is 1.40. The average Bonchev–Trinajstić information content (AvgIpc) is 1.54. The van der Waals surface area contributed by atoms with Crippen LogP contribution < -0.4 is 0 Å². The highest BCUT2D eigenvalue weighted by Crippen LogP contribution is 2.39. The Morgan fingerprint density at radius 2 is 1.67 bits per heavy atom. The van der Waals surface area contributed by atoms with Crippen LogP contribution in [0, 0.1) is 0 Å². The fourth-order valence-electron chi connectivity index (χ4n) is 1.16. The molecule has 2 unspecified atom stereocenters. The van der Waals surface area contributed by atoms with Crippen molar-refractivity contribution in [3.05, 3.63) is 0 Å². The third kappa shape index (κ3) is 2.42. The van der Waals surface area contributed by atoms with E-state index in [-0.39, 0.29) is 4.56 Å². The first-order valence-corrected chi connectivity index (χ1v) is 5.11. The van der Waals surface area contributed by atoms with Gasteiger partial charge in [-0.15, -0.1) is 23.5 Å². The zero-order chi connectivity index (χ0) is 7.78. The Labute approximate surface area is 67.6 Å². The predicted molar refractivity (Wildman–Crippen MR) is 48.2 cm³/mol. The van der Waals surface area contributed by atoms with Crippen LogP contribution in [0.2, 0.25) is 0 Å². The van der Waals surface area contributed by atoms with Gasteiger partial charge in [-0.3, -0.25) is 0 Å². The molecule has 2 heteroatoms. The second kappa shape index (κ2) is 3.20. The van der Waals surface area contributed by atoms with Gasteiger partial charge in [0.1, 0.15) is 0 Å². The smallest absolute Gasteiger partial charge is 0.0530 e. The van der Waals surface area contributed by atoms with E-state index in [2.05, 4.69) is 13.8 Å². The van der Waals surface area contributed by atoms with Crippen molar-refractivity contribution in [2.75, 3.05) is 0 Å². The molecule has 0 bridgehead atoms. The fourth-order valence-corrected chi connectivity index (χ4v) is 4.39. The van der Waals surface area contributed by atoms with Crippen molar-refractivity contribution in [3.63, 3.8) is 0 Å².